The maximum Gasteiger partial charge on any atom is 0.230 e. The van der Waals surface area contributed by atoms with Crippen molar-refractivity contribution in [2.75, 3.05) is 12.3 Å². The van der Waals surface area contributed by atoms with E-state index in [4.69, 9.17) is 0 Å². The van der Waals surface area contributed by atoms with E-state index < -0.39 is 15.3 Å². The molecule has 0 unspecified atom stereocenters. The molecule has 1 aliphatic rings. The van der Waals surface area contributed by atoms with Gasteiger partial charge in [-0.1, -0.05) is 52.7 Å². The van der Waals surface area contributed by atoms with Crippen LogP contribution in [0.25, 0.3) is 0 Å². The van der Waals surface area contributed by atoms with Crippen molar-refractivity contribution in [1.29, 1.82) is 0 Å². The summed E-state index contributed by atoms with van der Waals surface area (Å²) in [6.07, 6.45) is 2.60. The minimum absolute atomic E-state index is 0.0793. The lowest BCUT2D eigenvalue weighted by atomic mass is 9.64. The first kappa shape index (κ1) is 18.1. The fourth-order valence-electron chi connectivity index (χ4n) is 3.16. The van der Waals surface area contributed by atoms with Gasteiger partial charge in [0.2, 0.25) is 5.91 Å². The first-order chi connectivity index (χ1) is 11.9. The van der Waals surface area contributed by atoms with E-state index in [2.05, 4.69) is 21.2 Å². The molecule has 0 aliphatic heterocycles. The Labute approximate surface area is 156 Å². The minimum atomic E-state index is -3.38. The molecule has 0 radical (unpaired) electrons. The lowest BCUT2D eigenvalue weighted by molar-refractivity contribution is -0.129. The molecule has 0 bridgehead atoms. The van der Waals surface area contributed by atoms with Crippen LogP contribution < -0.4 is 5.32 Å². The van der Waals surface area contributed by atoms with E-state index in [0.717, 1.165) is 29.3 Å². The summed E-state index contributed by atoms with van der Waals surface area (Å²) in [6.45, 7) is 0.119. The Morgan fingerprint density at radius 2 is 1.68 bits per heavy atom. The van der Waals surface area contributed by atoms with Crippen molar-refractivity contribution in [2.24, 2.45) is 0 Å². The van der Waals surface area contributed by atoms with Gasteiger partial charge in [-0.3, -0.25) is 4.79 Å². The van der Waals surface area contributed by atoms with Crippen LogP contribution in [0.1, 0.15) is 24.8 Å². The second kappa shape index (κ2) is 7.30. The summed E-state index contributed by atoms with van der Waals surface area (Å²) in [6, 6.07) is 16.1. The maximum absolute atomic E-state index is 12.7. The van der Waals surface area contributed by atoms with Crippen LogP contribution in [-0.4, -0.2) is 26.6 Å². The van der Waals surface area contributed by atoms with Gasteiger partial charge in [0.1, 0.15) is 0 Å². The van der Waals surface area contributed by atoms with Gasteiger partial charge in [-0.2, -0.15) is 0 Å². The number of nitrogens with one attached hydrogen (secondary N) is 1. The standard InChI is InChI=1S/C19H20BrNO3S/c20-16-9-7-15(8-10-16)19(11-4-12-19)18(22)21-13-14-25(23,24)17-5-2-1-3-6-17/h1-3,5-10H,4,11-14H2,(H,21,22). The van der Waals surface area contributed by atoms with Crippen molar-refractivity contribution in [3.63, 3.8) is 0 Å². The van der Waals surface area contributed by atoms with Gasteiger partial charge in [-0.05, 0) is 42.7 Å². The molecule has 0 atom stereocenters. The number of hydrogen-bond donors (Lipinski definition) is 1. The summed E-state index contributed by atoms with van der Waals surface area (Å²) < 4.78 is 25.6. The van der Waals surface area contributed by atoms with Crippen LogP contribution in [0.5, 0.6) is 0 Å². The van der Waals surface area contributed by atoms with Gasteiger partial charge in [0, 0.05) is 11.0 Å². The Bertz CT molecular complexity index is 844. The summed E-state index contributed by atoms with van der Waals surface area (Å²) in [5.41, 5.74) is 0.474. The van der Waals surface area contributed by atoms with Crippen molar-refractivity contribution < 1.29 is 13.2 Å². The molecule has 0 spiro atoms. The van der Waals surface area contributed by atoms with E-state index in [9.17, 15) is 13.2 Å². The van der Waals surface area contributed by atoms with Gasteiger partial charge < -0.3 is 5.32 Å². The van der Waals surface area contributed by atoms with E-state index in [-0.39, 0.29) is 23.1 Å². The number of sulfone groups is 1. The highest BCUT2D eigenvalue weighted by Gasteiger charge is 2.45. The zero-order chi connectivity index (χ0) is 17.9. The molecule has 4 nitrogen and oxygen atoms in total. The van der Waals surface area contributed by atoms with Crippen LogP contribution in [-0.2, 0) is 20.0 Å². The van der Waals surface area contributed by atoms with Crippen LogP contribution in [0, 0.1) is 0 Å². The van der Waals surface area contributed by atoms with Crippen LogP contribution in [0.15, 0.2) is 64.0 Å². The Kier molecular flexibility index (Phi) is 5.29. The molecule has 132 valence electrons. The number of rotatable bonds is 6. The normalized spacial score (nSPS) is 16.0. The van der Waals surface area contributed by atoms with E-state index in [1.165, 1.54) is 0 Å². The minimum Gasteiger partial charge on any atom is -0.354 e. The highest BCUT2D eigenvalue weighted by atomic mass is 79.9. The third-order valence-corrected chi connectivity index (χ3v) is 7.06. The molecule has 1 saturated carbocycles. The molecule has 1 aliphatic carbocycles. The zero-order valence-corrected chi connectivity index (χ0v) is 16.1. The lowest BCUT2D eigenvalue weighted by Crippen LogP contribution is -2.50. The average Bonchev–Trinajstić information content (AvgIpc) is 2.56. The van der Waals surface area contributed by atoms with E-state index in [1.807, 2.05) is 24.3 Å². The molecule has 25 heavy (non-hydrogen) atoms. The monoisotopic (exact) mass is 421 g/mol. The number of carbonyl (C=O) groups is 1. The molecule has 3 rings (SSSR count). The molecule has 0 saturated heterocycles. The van der Waals surface area contributed by atoms with Crippen LogP contribution in [0.2, 0.25) is 0 Å². The van der Waals surface area contributed by atoms with E-state index >= 15 is 0 Å². The summed E-state index contributed by atoms with van der Waals surface area (Å²) in [4.78, 5) is 13.0. The van der Waals surface area contributed by atoms with Crippen molar-refractivity contribution >= 4 is 31.7 Å². The molecule has 1 amide bonds. The fourth-order valence-corrected chi connectivity index (χ4v) is 4.60. The van der Waals surface area contributed by atoms with Crippen LogP contribution >= 0.6 is 15.9 Å². The lowest BCUT2D eigenvalue weighted by Gasteiger charge is -2.40. The quantitative estimate of drug-likeness (QED) is 0.776. The Balaban J connectivity index is 1.65. The third-order valence-electron chi connectivity index (χ3n) is 4.80. The second-order valence-electron chi connectivity index (χ2n) is 6.33. The topological polar surface area (TPSA) is 63.2 Å². The molecular formula is C19H20BrNO3S. The largest absolute Gasteiger partial charge is 0.354 e. The number of carbonyl (C=O) groups excluding carboxylic acids is 1. The predicted molar refractivity (Wildman–Crippen MR) is 101 cm³/mol. The SMILES string of the molecule is O=C(NCCS(=O)(=O)c1ccccc1)C1(c2ccc(Br)cc2)CCC1. The first-order valence-electron chi connectivity index (χ1n) is 8.26. The van der Waals surface area contributed by atoms with E-state index in [1.54, 1.807) is 30.3 Å². The third kappa shape index (κ3) is 3.80. The molecule has 1 N–H and O–H groups in total. The average molecular weight is 422 g/mol. The van der Waals surface area contributed by atoms with Crippen molar-refractivity contribution in [2.45, 2.75) is 29.6 Å². The summed E-state index contributed by atoms with van der Waals surface area (Å²) in [5.74, 6) is -0.177. The number of hydrogen-bond acceptors (Lipinski definition) is 3. The summed E-state index contributed by atoms with van der Waals surface area (Å²) >= 11 is 3.41. The Morgan fingerprint density at radius 1 is 1.04 bits per heavy atom. The highest BCUT2D eigenvalue weighted by Crippen LogP contribution is 2.44. The Morgan fingerprint density at radius 3 is 2.24 bits per heavy atom. The fraction of sp³-hybridized carbons (Fsp3) is 0.316. The van der Waals surface area contributed by atoms with Gasteiger partial charge in [-0.15, -0.1) is 0 Å². The summed E-state index contributed by atoms with van der Waals surface area (Å²) in [5, 5.41) is 2.83. The predicted octanol–water partition coefficient (Wildman–Crippen LogP) is 3.46. The van der Waals surface area contributed by atoms with Crippen molar-refractivity contribution in [3.05, 3.63) is 64.6 Å². The molecular weight excluding hydrogens is 402 g/mol. The van der Waals surface area contributed by atoms with Crippen molar-refractivity contribution in [3.8, 4) is 0 Å². The molecule has 2 aromatic rings. The summed E-state index contributed by atoms with van der Waals surface area (Å²) in [7, 11) is -3.38. The Hall–Kier alpha value is -1.66. The molecule has 6 heteroatoms. The zero-order valence-electron chi connectivity index (χ0n) is 13.7. The first-order valence-corrected chi connectivity index (χ1v) is 10.7. The van der Waals surface area contributed by atoms with Gasteiger partial charge in [0.15, 0.2) is 9.84 Å². The van der Waals surface area contributed by atoms with Gasteiger partial charge in [0.05, 0.1) is 16.1 Å². The number of benzene rings is 2. The van der Waals surface area contributed by atoms with Crippen LogP contribution in [0.3, 0.4) is 0 Å². The van der Waals surface area contributed by atoms with Crippen LogP contribution in [0.4, 0.5) is 0 Å². The second-order valence-corrected chi connectivity index (χ2v) is 9.36. The van der Waals surface area contributed by atoms with Gasteiger partial charge in [0.25, 0.3) is 0 Å². The smallest absolute Gasteiger partial charge is 0.230 e. The number of halogens is 1. The highest BCUT2D eigenvalue weighted by molar-refractivity contribution is 9.10. The maximum atomic E-state index is 12.7. The molecule has 2 aromatic carbocycles. The molecule has 1 fully saturated rings. The van der Waals surface area contributed by atoms with Gasteiger partial charge in [-0.25, -0.2) is 8.42 Å². The molecule has 0 aromatic heterocycles. The van der Waals surface area contributed by atoms with E-state index in [0.29, 0.717) is 0 Å². The number of amides is 1. The van der Waals surface area contributed by atoms with Crippen molar-refractivity contribution in [1.82, 2.24) is 5.32 Å². The van der Waals surface area contributed by atoms with Gasteiger partial charge >= 0.3 is 0 Å². The molecule has 0 heterocycles.